The van der Waals surface area contributed by atoms with Crippen LogP contribution in [0.1, 0.15) is 33.6 Å². The molecule has 0 aromatic heterocycles. The van der Waals surface area contributed by atoms with Gasteiger partial charge in [0.15, 0.2) is 0 Å². The largest absolute Gasteiger partial charge is 0.444 e. The number of para-hydroxylation sites is 1. The van der Waals surface area contributed by atoms with Crippen LogP contribution in [0.15, 0.2) is 30.3 Å². The first-order valence-corrected chi connectivity index (χ1v) is 9.01. The Bertz CT molecular complexity index is 649. The molecule has 2 N–H and O–H groups in total. The van der Waals surface area contributed by atoms with Crippen LogP contribution in [-0.2, 0) is 9.53 Å². The van der Waals surface area contributed by atoms with Gasteiger partial charge in [0.25, 0.3) is 0 Å². The molecule has 0 radical (unpaired) electrons. The number of ether oxygens (including phenoxy) is 2. The molecule has 0 atom stereocenters. The zero-order chi connectivity index (χ0) is 19.9. The number of piperidine rings is 1. The van der Waals surface area contributed by atoms with Gasteiger partial charge in [-0.25, -0.2) is 9.59 Å². The predicted molar refractivity (Wildman–Crippen MR) is 99.4 cm³/mol. The van der Waals surface area contributed by atoms with Crippen molar-refractivity contribution in [3.8, 4) is 5.75 Å². The summed E-state index contributed by atoms with van der Waals surface area (Å²) in [5.41, 5.74) is -0.606. The van der Waals surface area contributed by atoms with Crippen LogP contribution in [-0.4, -0.2) is 54.3 Å². The van der Waals surface area contributed by atoms with Gasteiger partial charge in [0, 0.05) is 19.1 Å². The quantitative estimate of drug-likeness (QED) is 0.839. The van der Waals surface area contributed by atoms with E-state index in [0.29, 0.717) is 31.7 Å². The minimum Gasteiger partial charge on any atom is -0.444 e. The Hall–Kier alpha value is -2.77. The van der Waals surface area contributed by atoms with E-state index in [1.54, 1.807) is 49.9 Å². The number of amides is 3. The van der Waals surface area contributed by atoms with Crippen LogP contribution < -0.4 is 15.4 Å². The molecule has 0 saturated carbocycles. The molecule has 0 aliphatic carbocycles. The first-order chi connectivity index (χ1) is 12.7. The summed E-state index contributed by atoms with van der Waals surface area (Å²) in [5.74, 6) is 0.307. The van der Waals surface area contributed by atoms with Crippen molar-refractivity contribution in [3.63, 3.8) is 0 Å². The van der Waals surface area contributed by atoms with Crippen LogP contribution in [0.4, 0.5) is 9.59 Å². The molecule has 1 saturated heterocycles. The van der Waals surface area contributed by atoms with Crippen LogP contribution >= 0.6 is 0 Å². The third-order valence-corrected chi connectivity index (χ3v) is 3.91. The molecule has 1 aromatic carbocycles. The van der Waals surface area contributed by atoms with Crippen LogP contribution in [0.2, 0.25) is 0 Å². The van der Waals surface area contributed by atoms with Crippen LogP contribution in [0.3, 0.4) is 0 Å². The molecule has 0 unspecified atom stereocenters. The fourth-order valence-electron chi connectivity index (χ4n) is 2.64. The van der Waals surface area contributed by atoms with Gasteiger partial charge < -0.3 is 25.0 Å². The summed E-state index contributed by atoms with van der Waals surface area (Å²) in [6.45, 7) is 6.18. The molecular weight excluding hydrogens is 350 g/mol. The second kappa shape index (κ2) is 9.25. The highest BCUT2D eigenvalue weighted by Gasteiger charge is 2.25. The third kappa shape index (κ3) is 7.55. The van der Waals surface area contributed by atoms with Gasteiger partial charge >= 0.3 is 12.2 Å². The molecule has 1 fully saturated rings. The van der Waals surface area contributed by atoms with Gasteiger partial charge in [-0.1, -0.05) is 18.2 Å². The molecule has 8 nitrogen and oxygen atoms in total. The molecule has 148 valence electrons. The molecule has 1 aliphatic heterocycles. The first-order valence-electron chi connectivity index (χ1n) is 9.01. The summed E-state index contributed by atoms with van der Waals surface area (Å²) in [4.78, 5) is 37.4. The highest BCUT2D eigenvalue weighted by atomic mass is 16.6. The van der Waals surface area contributed by atoms with Crippen molar-refractivity contribution in [1.29, 1.82) is 0 Å². The standard InChI is InChI=1S/C19H27N3O5/c1-19(2,3)27-17(24)20-13-16(23)22-11-9-14(10-12-22)21-18(25)26-15-7-5-4-6-8-15/h4-8,14H,9-13H2,1-3H3,(H,20,24)(H,21,25). The zero-order valence-corrected chi connectivity index (χ0v) is 16.0. The molecule has 8 heteroatoms. The normalized spacial score (nSPS) is 15.0. The van der Waals surface area contributed by atoms with E-state index in [0.717, 1.165) is 0 Å². The number of rotatable bonds is 4. The van der Waals surface area contributed by atoms with Gasteiger partial charge in [-0.2, -0.15) is 0 Å². The molecule has 0 bridgehead atoms. The van der Waals surface area contributed by atoms with E-state index in [4.69, 9.17) is 9.47 Å². The third-order valence-electron chi connectivity index (χ3n) is 3.91. The number of hydrogen-bond donors (Lipinski definition) is 2. The van der Waals surface area contributed by atoms with Crippen LogP contribution in [0, 0.1) is 0 Å². The lowest BCUT2D eigenvalue weighted by Gasteiger charge is -2.32. The number of hydrogen-bond acceptors (Lipinski definition) is 5. The highest BCUT2D eigenvalue weighted by molar-refractivity contribution is 5.82. The van der Waals surface area contributed by atoms with Crippen molar-refractivity contribution in [1.82, 2.24) is 15.5 Å². The van der Waals surface area contributed by atoms with Crippen molar-refractivity contribution in [2.45, 2.75) is 45.3 Å². The number of nitrogens with zero attached hydrogens (tertiary/aromatic N) is 1. The summed E-state index contributed by atoms with van der Waals surface area (Å²) < 4.78 is 10.3. The van der Waals surface area contributed by atoms with Gasteiger partial charge in [-0.3, -0.25) is 4.79 Å². The lowest BCUT2D eigenvalue weighted by atomic mass is 10.1. The summed E-state index contributed by atoms with van der Waals surface area (Å²) in [5, 5.41) is 5.28. The Morgan fingerprint density at radius 3 is 2.30 bits per heavy atom. The average molecular weight is 377 g/mol. The monoisotopic (exact) mass is 377 g/mol. The Kier molecular flexibility index (Phi) is 7.04. The minimum atomic E-state index is -0.615. The van der Waals surface area contributed by atoms with Gasteiger partial charge in [-0.15, -0.1) is 0 Å². The first kappa shape index (κ1) is 20.5. The molecule has 0 spiro atoms. The van der Waals surface area contributed by atoms with Crippen LogP contribution in [0.5, 0.6) is 5.75 Å². The van der Waals surface area contributed by atoms with Crippen LogP contribution in [0.25, 0.3) is 0 Å². The predicted octanol–water partition coefficient (Wildman–Crippen LogP) is 2.29. The SMILES string of the molecule is CC(C)(C)OC(=O)NCC(=O)N1CCC(NC(=O)Oc2ccccc2)CC1. The van der Waals surface area contributed by atoms with Gasteiger partial charge in [0.2, 0.25) is 5.91 Å². The van der Waals surface area contributed by atoms with E-state index in [1.807, 2.05) is 6.07 Å². The van der Waals surface area contributed by atoms with Gasteiger partial charge in [-0.05, 0) is 45.7 Å². The number of carbonyl (C=O) groups excluding carboxylic acids is 3. The molecular formula is C19H27N3O5. The lowest BCUT2D eigenvalue weighted by molar-refractivity contribution is -0.131. The van der Waals surface area contributed by atoms with Crippen molar-refractivity contribution in [2.75, 3.05) is 19.6 Å². The average Bonchev–Trinajstić information content (AvgIpc) is 2.59. The van der Waals surface area contributed by atoms with Crippen molar-refractivity contribution in [3.05, 3.63) is 30.3 Å². The fraction of sp³-hybridized carbons (Fsp3) is 0.526. The van der Waals surface area contributed by atoms with E-state index in [1.165, 1.54) is 0 Å². The molecule has 1 aliphatic rings. The maximum absolute atomic E-state index is 12.2. The summed E-state index contributed by atoms with van der Waals surface area (Å²) in [6, 6.07) is 8.78. The molecule has 2 rings (SSSR count). The maximum atomic E-state index is 12.2. The molecule has 1 heterocycles. The van der Waals surface area contributed by atoms with E-state index in [-0.39, 0.29) is 18.5 Å². The van der Waals surface area contributed by atoms with E-state index in [9.17, 15) is 14.4 Å². The number of carbonyl (C=O) groups is 3. The Morgan fingerprint density at radius 1 is 1.07 bits per heavy atom. The van der Waals surface area contributed by atoms with Crippen molar-refractivity contribution in [2.24, 2.45) is 0 Å². The van der Waals surface area contributed by atoms with Crippen molar-refractivity contribution >= 4 is 18.1 Å². The molecule has 27 heavy (non-hydrogen) atoms. The van der Waals surface area contributed by atoms with E-state index >= 15 is 0 Å². The second-order valence-corrected chi connectivity index (χ2v) is 7.36. The Labute approximate surface area is 159 Å². The molecule has 1 aromatic rings. The number of benzene rings is 1. The maximum Gasteiger partial charge on any atom is 0.412 e. The lowest BCUT2D eigenvalue weighted by Crippen LogP contribution is -2.49. The molecule has 3 amide bonds. The second-order valence-electron chi connectivity index (χ2n) is 7.36. The zero-order valence-electron chi connectivity index (χ0n) is 16.0. The number of alkyl carbamates (subject to hydrolysis) is 1. The summed E-state index contributed by atoms with van der Waals surface area (Å²) >= 11 is 0. The Morgan fingerprint density at radius 2 is 1.70 bits per heavy atom. The van der Waals surface area contributed by atoms with E-state index < -0.39 is 17.8 Å². The van der Waals surface area contributed by atoms with Gasteiger partial charge in [0.1, 0.15) is 17.9 Å². The fourth-order valence-corrected chi connectivity index (χ4v) is 2.64. The topological polar surface area (TPSA) is 97.0 Å². The minimum absolute atomic E-state index is 0.0518. The van der Waals surface area contributed by atoms with Gasteiger partial charge in [0.05, 0.1) is 0 Å². The summed E-state index contributed by atoms with van der Waals surface area (Å²) in [7, 11) is 0. The summed E-state index contributed by atoms with van der Waals surface area (Å²) in [6.07, 6.45) is 0.137. The van der Waals surface area contributed by atoms with Crippen molar-refractivity contribution < 1.29 is 23.9 Å². The highest BCUT2D eigenvalue weighted by Crippen LogP contribution is 2.13. The number of likely N-dealkylation sites (tertiary alicyclic amines) is 1. The Balaban J connectivity index is 1.67. The number of nitrogens with one attached hydrogen (secondary N) is 2. The van der Waals surface area contributed by atoms with E-state index in [2.05, 4.69) is 10.6 Å². The smallest absolute Gasteiger partial charge is 0.412 e.